The van der Waals surface area contributed by atoms with Gasteiger partial charge in [-0.1, -0.05) is 11.3 Å². The monoisotopic (exact) mass is 391 g/mol. The van der Waals surface area contributed by atoms with Crippen LogP contribution in [0.4, 0.5) is 8.78 Å². The Labute approximate surface area is 161 Å². The highest BCUT2D eigenvalue weighted by Gasteiger charge is 2.24. The zero-order chi connectivity index (χ0) is 19.5. The van der Waals surface area contributed by atoms with Crippen LogP contribution in [0.5, 0.6) is 0 Å². The summed E-state index contributed by atoms with van der Waals surface area (Å²) in [7, 11) is 0. The molecule has 1 amide bonds. The molecule has 0 bridgehead atoms. The Morgan fingerprint density at radius 1 is 1.14 bits per heavy atom. The lowest BCUT2D eigenvalue weighted by molar-refractivity contribution is -0.135. The number of nitrogens with zero attached hydrogens (tertiary/aromatic N) is 5. The Hall–Kier alpha value is -2.39. The summed E-state index contributed by atoms with van der Waals surface area (Å²) in [5, 5.41) is 8.44. The fourth-order valence-corrected chi connectivity index (χ4v) is 3.66. The average Bonchev–Trinajstić information content (AvgIpc) is 3.11. The smallest absolute Gasteiger partial charge is 0.223 e. The number of hydrogen-bond donors (Lipinski definition) is 0. The summed E-state index contributed by atoms with van der Waals surface area (Å²) in [5.74, 6) is -1.01. The molecule has 2 aromatic rings. The molecule has 9 heteroatoms. The largest absolute Gasteiger partial charge is 0.378 e. The van der Waals surface area contributed by atoms with Gasteiger partial charge >= 0.3 is 0 Å². The van der Waals surface area contributed by atoms with Crippen LogP contribution in [0.15, 0.2) is 18.2 Å². The summed E-state index contributed by atoms with van der Waals surface area (Å²) in [4.78, 5) is 16.3. The molecule has 1 saturated heterocycles. The second-order valence-corrected chi connectivity index (χ2v) is 7.15. The van der Waals surface area contributed by atoms with E-state index in [1.165, 1.54) is 12.1 Å². The Kier molecular flexibility index (Phi) is 5.63. The van der Waals surface area contributed by atoms with E-state index < -0.39 is 11.6 Å². The number of rotatable bonds is 5. The number of benzene rings is 1. The third kappa shape index (κ3) is 4.20. The Morgan fingerprint density at radius 3 is 2.75 bits per heavy atom. The highest BCUT2D eigenvalue weighted by molar-refractivity contribution is 5.76. The van der Waals surface area contributed by atoms with Gasteiger partial charge in [-0.2, -0.15) is 0 Å². The molecule has 1 fully saturated rings. The van der Waals surface area contributed by atoms with Gasteiger partial charge in [0.15, 0.2) is 0 Å². The second kappa shape index (κ2) is 8.32. The normalized spacial score (nSPS) is 17.6. The Bertz CT molecular complexity index is 851. The van der Waals surface area contributed by atoms with Crippen LogP contribution in [0.2, 0.25) is 0 Å². The van der Waals surface area contributed by atoms with Crippen molar-refractivity contribution in [3.8, 4) is 0 Å². The minimum atomic E-state index is -0.575. The highest BCUT2D eigenvalue weighted by atomic mass is 19.1. The van der Waals surface area contributed by atoms with E-state index in [1.54, 1.807) is 0 Å². The number of carbonyl (C=O) groups is 1. The van der Waals surface area contributed by atoms with Crippen molar-refractivity contribution >= 4 is 5.91 Å². The number of hydrogen-bond acceptors (Lipinski definition) is 5. The van der Waals surface area contributed by atoms with Crippen LogP contribution in [-0.4, -0.2) is 63.5 Å². The molecule has 4 rings (SSSR count). The lowest BCUT2D eigenvalue weighted by atomic mass is 10.1. The fourth-order valence-electron chi connectivity index (χ4n) is 3.66. The molecule has 1 aromatic carbocycles. The number of aryl methyl sites for hydroxylation is 1. The summed E-state index contributed by atoms with van der Waals surface area (Å²) in [5.41, 5.74) is 2.24. The number of fused-ring (bicyclic) bond motifs is 1. The van der Waals surface area contributed by atoms with E-state index in [0.717, 1.165) is 17.5 Å². The van der Waals surface area contributed by atoms with Gasteiger partial charge in [0.1, 0.15) is 11.6 Å². The van der Waals surface area contributed by atoms with Gasteiger partial charge in [-0.25, -0.2) is 13.5 Å². The van der Waals surface area contributed by atoms with Crippen LogP contribution >= 0.6 is 0 Å². The number of morpholine rings is 1. The Balaban J connectivity index is 1.38. The standard InChI is InChI=1S/C19H23F2N5O2/c20-15-2-1-14(16(21)11-15)12-24-5-6-26-18(13-24)17(22-23-26)3-4-19(27)25-7-9-28-10-8-25/h1-2,11H,3-10,12-13H2. The SMILES string of the molecule is O=C(CCc1nnn2c1CN(Cc1ccc(F)cc1F)CC2)N1CCOCC1. The predicted octanol–water partition coefficient (Wildman–Crippen LogP) is 1.36. The summed E-state index contributed by atoms with van der Waals surface area (Å²) < 4.78 is 34.2. The molecule has 0 atom stereocenters. The molecule has 0 unspecified atom stereocenters. The van der Waals surface area contributed by atoms with Crippen LogP contribution in [0.3, 0.4) is 0 Å². The molecular formula is C19H23F2N5O2. The first-order chi connectivity index (χ1) is 13.6. The predicted molar refractivity (Wildman–Crippen MR) is 96.2 cm³/mol. The third-order valence-electron chi connectivity index (χ3n) is 5.27. The number of amides is 1. The summed E-state index contributed by atoms with van der Waals surface area (Å²) >= 11 is 0. The van der Waals surface area contributed by atoms with Crippen molar-refractivity contribution in [2.45, 2.75) is 32.5 Å². The van der Waals surface area contributed by atoms with Crippen molar-refractivity contribution < 1.29 is 18.3 Å². The van der Waals surface area contributed by atoms with Crippen molar-refractivity contribution in [1.82, 2.24) is 24.8 Å². The maximum atomic E-state index is 14.0. The molecule has 150 valence electrons. The lowest BCUT2D eigenvalue weighted by Crippen LogP contribution is -2.40. The van der Waals surface area contributed by atoms with Gasteiger partial charge in [0.25, 0.3) is 0 Å². The minimum Gasteiger partial charge on any atom is -0.378 e. The molecular weight excluding hydrogens is 368 g/mol. The highest BCUT2D eigenvalue weighted by Crippen LogP contribution is 2.20. The maximum Gasteiger partial charge on any atom is 0.223 e. The summed E-state index contributed by atoms with van der Waals surface area (Å²) in [6.45, 7) is 4.77. The van der Waals surface area contributed by atoms with Crippen LogP contribution in [0.25, 0.3) is 0 Å². The molecule has 2 aliphatic rings. The van der Waals surface area contributed by atoms with Crippen molar-refractivity contribution in [2.24, 2.45) is 0 Å². The van der Waals surface area contributed by atoms with Gasteiger partial charge in [0.2, 0.25) is 5.91 Å². The molecule has 0 spiro atoms. The molecule has 0 aliphatic carbocycles. The molecule has 0 N–H and O–H groups in total. The van der Waals surface area contributed by atoms with Gasteiger partial charge < -0.3 is 9.64 Å². The van der Waals surface area contributed by atoms with E-state index in [9.17, 15) is 13.6 Å². The number of halogens is 2. The van der Waals surface area contributed by atoms with E-state index in [4.69, 9.17) is 4.74 Å². The van der Waals surface area contributed by atoms with E-state index in [0.29, 0.717) is 70.9 Å². The third-order valence-corrected chi connectivity index (χ3v) is 5.27. The minimum absolute atomic E-state index is 0.103. The summed E-state index contributed by atoms with van der Waals surface area (Å²) in [6, 6.07) is 3.67. The van der Waals surface area contributed by atoms with Gasteiger partial charge in [0, 0.05) is 57.2 Å². The topological polar surface area (TPSA) is 63.5 Å². The van der Waals surface area contributed by atoms with E-state index in [2.05, 4.69) is 15.2 Å². The quantitative estimate of drug-likeness (QED) is 0.770. The zero-order valence-electron chi connectivity index (χ0n) is 15.6. The van der Waals surface area contributed by atoms with E-state index in [-0.39, 0.29) is 5.91 Å². The molecule has 2 aliphatic heterocycles. The van der Waals surface area contributed by atoms with Gasteiger partial charge in [0.05, 0.1) is 31.1 Å². The first-order valence-corrected chi connectivity index (χ1v) is 9.53. The van der Waals surface area contributed by atoms with Crippen molar-refractivity contribution in [2.75, 3.05) is 32.8 Å². The fraction of sp³-hybridized carbons (Fsp3) is 0.526. The second-order valence-electron chi connectivity index (χ2n) is 7.15. The van der Waals surface area contributed by atoms with E-state index in [1.807, 2.05) is 9.58 Å². The molecule has 1 aromatic heterocycles. The van der Waals surface area contributed by atoms with Gasteiger partial charge in [-0.15, -0.1) is 5.10 Å². The number of aromatic nitrogens is 3. The first-order valence-electron chi connectivity index (χ1n) is 9.53. The maximum absolute atomic E-state index is 14.0. The van der Waals surface area contributed by atoms with Gasteiger partial charge in [-0.3, -0.25) is 9.69 Å². The summed E-state index contributed by atoms with van der Waals surface area (Å²) in [6.07, 6.45) is 0.919. The van der Waals surface area contributed by atoms with Crippen molar-refractivity contribution in [3.63, 3.8) is 0 Å². The van der Waals surface area contributed by atoms with Crippen LogP contribution in [-0.2, 0) is 35.6 Å². The molecule has 0 radical (unpaired) electrons. The van der Waals surface area contributed by atoms with Crippen LogP contribution < -0.4 is 0 Å². The first kappa shape index (κ1) is 18.9. The lowest BCUT2D eigenvalue weighted by Gasteiger charge is -2.28. The Morgan fingerprint density at radius 2 is 1.96 bits per heavy atom. The molecule has 7 nitrogen and oxygen atoms in total. The molecule has 28 heavy (non-hydrogen) atoms. The van der Waals surface area contributed by atoms with Crippen LogP contribution in [0, 0.1) is 11.6 Å². The molecule has 0 saturated carbocycles. The number of ether oxygens (including phenoxy) is 1. The van der Waals surface area contributed by atoms with Crippen molar-refractivity contribution in [3.05, 3.63) is 46.8 Å². The van der Waals surface area contributed by atoms with Crippen molar-refractivity contribution in [1.29, 1.82) is 0 Å². The van der Waals surface area contributed by atoms with Gasteiger partial charge in [-0.05, 0) is 6.07 Å². The average molecular weight is 391 g/mol. The van der Waals surface area contributed by atoms with Crippen LogP contribution in [0.1, 0.15) is 23.4 Å². The zero-order valence-corrected chi connectivity index (χ0v) is 15.6. The number of carbonyl (C=O) groups excluding carboxylic acids is 1. The van der Waals surface area contributed by atoms with E-state index >= 15 is 0 Å². The molecule has 3 heterocycles.